The van der Waals surface area contributed by atoms with Crippen LogP contribution < -0.4 is 4.74 Å². The molecule has 116 valence electrons. The highest BCUT2D eigenvalue weighted by atomic mass is 19.4. The number of rotatable bonds is 6. The van der Waals surface area contributed by atoms with E-state index in [-0.39, 0.29) is 11.8 Å². The Labute approximate surface area is 121 Å². The molecular formula is C15H18F3NO2. The number of benzene rings is 1. The fourth-order valence-corrected chi connectivity index (χ4v) is 2.34. The number of ketones is 1. The van der Waals surface area contributed by atoms with E-state index in [9.17, 15) is 18.0 Å². The monoisotopic (exact) mass is 301 g/mol. The molecule has 2 rings (SSSR count). The maximum atomic E-state index is 12.6. The Kier molecular flexibility index (Phi) is 4.56. The molecule has 1 aliphatic carbocycles. The molecule has 1 unspecified atom stereocenters. The van der Waals surface area contributed by atoms with Gasteiger partial charge in [-0.3, -0.25) is 9.69 Å². The number of nitrogens with zero attached hydrogens (tertiary/aromatic N) is 1. The molecule has 0 heterocycles. The first-order valence-corrected chi connectivity index (χ1v) is 6.82. The number of hydrogen-bond donors (Lipinski definition) is 0. The summed E-state index contributed by atoms with van der Waals surface area (Å²) in [5.41, 5.74) is 0.399. The Bertz CT molecular complexity index is 495. The third-order valence-corrected chi connectivity index (χ3v) is 3.63. The molecule has 0 radical (unpaired) electrons. The average Bonchev–Trinajstić information content (AvgIpc) is 3.27. The van der Waals surface area contributed by atoms with Crippen molar-refractivity contribution in [2.24, 2.45) is 0 Å². The second-order valence-electron chi connectivity index (χ2n) is 5.29. The summed E-state index contributed by atoms with van der Waals surface area (Å²) in [7, 11) is 1.51. The largest absolute Gasteiger partial charge is 0.497 e. The number of methoxy groups -OCH3 is 1. The maximum absolute atomic E-state index is 12.6. The van der Waals surface area contributed by atoms with Gasteiger partial charge >= 0.3 is 6.18 Å². The zero-order chi connectivity index (χ0) is 15.6. The summed E-state index contributed by atoms with van der Waals surface area (Å²) in [5.74, 6) is 0.308. The highest BCUT2D eigenvalue weighted by Gasteiger charge is 2.42. The fraction of sp³-hybridized carbons (Fsp3) is 0.533. The minimum Gasteiger partial charge on any atom is -0.497 e. The molecular weight excluding hydrogens is 283 g/mol. The van der Waals surface area contributed by atoms with Crippen LogP contribution in [-0.2, 0) is 0 Å². The number of carbonyl (C=O) groups excluding carboxylic acids is 1. The summed E-state index contributed by atoms with van der Waals surface area (Å²) in [6.07, 6.45) is -2.86. The van der Waals surface area contributed by atoms with Gasteiger partial charge < -0.3 is 4.74 Å². The molecule has 1 aliphatic rings. The Balaban J connectivity index is 2.11. The average molecular weight is 301 g/mol. The van der Waals surface area contributed by atoms with Crippen LogP contribution in [0.25, 0.3) is 0 Å². The molecule has 0 aliphatic heterocycles. The van der Waals surface area contributed by atoms with Crippen LogP contribution >= 0.6 is 0 Å². The van der Waals surface area contributed by atoms with E-state index in [4.69, 9.17) is 4.74 Å². The van der Waals surface area contributed by atoms with Crippen LogP contribution in [0.5, 0.6) is 5.75 Å². The number of Topliss-reactive ketones (excluding diaryl/α,β-unsaturated/α-hetero) is 1. The lowest BCUT2D eigenvalue weighted by Crippen LogP contribution is -2.45. The van der Waals surface area contributed by atoms with Crippen LogP contribution in [-0.4, -0.2) is 42.6 Å². The fourth-order valence-electron chi connectivity index (χ4n) is 2.34. The van der Waals surface area contributed by atoms with Crippen LogP contribution in [0.4, 0.5) is 13.2 Å². The highest BCUT2D eigenvalue weighted by molar-refractivity contribution is 6.00. The van der Waals surface area contributed by atoms with Crippen molar-refractivity contribution < 1.29 is 22.7 Å². The van der Waals surface area contributed by atoms with Gasteiger partial charge in [0.1, 0.15) is 5.75 Å². The summed E-state index contributed by atoms with van der Waals surface area (Å²) in [4.78, 5) is 13.6. The summed E-state index contributed by atoms with van der Waals surface area (Å²) in [6.45, 7) is 0.497. The Hall–Kier alpha value is -1.56. The van der Waals surface area contributed by atoms with E-state index in [1.54, 1.807) is 24.3 Å². The molecule has 1 aromatic rings. The number of carbonyl (C=O) groups is 1. The molecule has 1 aromatic carbocycles. The van der Waals surface area contributed by atoms with E-state index >= 15 is 0 Å². The van der Waals surface area contributed by atoms with Crippen molar-refractivity contribution in [3.63, 3.8) is 0 Å². The molecule has 0 N–H and O–H groups in total. The van der Waals surface area contributed by atoms with Crippen molar-refractivity contribution in [1.29, 1.82) is 0 Å². The number of hydrogen-bond acceptors (Lipinski definition) is 3. The minimum atomic E-state index is -4.29. The molecule has 6 heteroatoms. The van der Waals surface area contributed by atoms with Gasteiger partial charge in [0.25, 0.3) is 0 Å². The van der Waals surface area contributed by atoms with Crippen molar-refractivity contribution in [3.05, 3.63) is 29.8 Å². The number of alkyl halides is 3. The van der Waals surface area contributed by atoms with Crippen LogP contribution in [0.1, 0.15) is 30.1 Å². The molecule has 1 fully saturated rings. The standard InChI is InChI=1S/C15H18F3NO2/c1-10(19(12-5-6-12)9-15(16,17)18)14(20)11-3-7-13(21-2)8-4-11/h3-4,7-8,10,12H,5-6,9H2,1-2H3. The van der Waals surface area contributed by atoms with Crippen LogP contribution in [0.3, 0.4) is 0 Å². The van der Waals surface area contributed by atoms with Gasteiger partial charge in [-0.25, -0.2) is 0 Å². The first-order valence-electron chi connectivity index (χ1n) is 6.82. The summed E-state index contributed by atoms with van der Waals surface area (Å²) >= 11 is 0. The smallest absolute Gasteiger partial charge is 0.401 e. The quantitative estimate of drug-likeness (QED) is 0.755. The van der Waals surface area contributed by atoms with E-state index < -0.39 is 18.8 Å². The molecule has 21 heavy (non-hydrogen) atoms. The Morgan fingerprint density at radius 2 is 1.90 bits per heavy atom. The second kappa shape index (κ2) is 6.05. The van der Waals surface area contributed by atoms with Crippen molar-refractivity contribution in [2.75, 3.05) is 13.7 Å². The van der Waals surface area contributed by atoms with E-state index in [0.29, 0.717) is 11.3 Å². The Morgan fingerprint density at radius 1 is 1.33 bits per heavy atom. The highest BCUT2D eigenvalue weighted by Crippen LogP contribution is 2.32. The summed E-state index contributed by atoms with van der Waals surface area (Å²) in [6, 6.07) is 5.50. The predicted octanol–water partition coefficient (Wildman–Crippen LogP) is 3.29. The van der Waals surface area contributed by atoms with Gasteiger partial charge in [0.15, 0.2) is 5.78 Å². The molecule has 0 aromatic heterocycles. The molecule has 0 saturated heterocycles. The van der Waals surface area contributed by atoms with Gasteiger partial charge in [-0.2, -0.15) is 13.2 Å². The third kappa shape index (κ3) is 4.20. The first kappa shape index (κ1) is 15.8. The van der Waals surface area contributed by atoms with Crippen molar-refractivity contribution in [1.82, 2.24) is 4.90 Å². The van der Waals surface area contributed by atoms with E-state index in [1.165, 1.54) is 18.9 Å². The molecule has 1 atom stereocenters. The van der Waals surface area contributed by atoms with Crippen LogP contribution in [0.2, 0.25) is 0 Å². The molecule has 0 bridgehead atoms. The molecule has 0 spiro atoms. The molecule has 0 amide bonds. The minimum absolute atomic E-state index is 0.135. The van der Waals surface area contributed by atoms with Gasteiger partial charge in [0, 0.05) is 11.6 Å². The topological polar surface area (TPSA) is 29.5 Å². The van der Waals surface area contributed by atoms with E-state index in [1.807, 2.05) is 0 Å². The SMILES string of the molecule is COc1ccc(C(=O)C(C)N(CC(F)(F)F)C2CC2)cc1. The third-order valence-electron chi connectivity index (χ3n) is 3.63. The van der Waals surface area contributed by atoms with Crippen LogP contribution in [0, 0.1) is 0 Å². The summed E-state index contributed by atoms with van der Waals surface area (Å²) < 4.78 is 42.9. The lowest BCUT2D eigenvalue weighted by atomic mass is 10.0. The van der Waals surface area contributed by atoms with E-state index in [2.05, 4.69) is 0 Å². The molecule has 1 saturated carbocycles. The van der Waals surface area contributed by atoms with E-state index in [0.717, 1.165) is 12.8 Å². The van der Waals surface area contributed by atoms with Gasteiger partial charge in [-0.15, -0.1) is 0 Å². The molecule has 3 nitrogen and oxygen atoms in total. The van der Waals surface area contributed by atoms with Crippen molar-refractivity contribution in [2.45, 2.75) is 38.0 Å². The van der Waals surface area contributed by atoms with Gasteiger partial charge in [0.2, 0.25) is 0 Å². The zero-order valence-electron chi connectivity index (χ0n) is 12.0. The van der Waals surface area contributed by atoms with Gasteiger partial charge in [-0.05, 0) is 44.0 Å². The number of ether oxygens (including phenoxy) is 1. The second-order valence-corrected chi connectivity index (χ2v) is 5.29. The first-order chi connectivity index (χ1) is 9.81. The van der Waals surface area contributed by atoms with Gasteiger partial charge in [0.05, 0.1) is 19.7 Å². The number of halogens is 3. The Morgan fingerprint density at radius 3 is 2.33 bits per heavy atom. The predicted molar refractivity (Wildman–Crippen MR) is 72.6 cm³/mol. The van der Waals surface area contributed by atoms with Crippen molar-refractivity contribution in [3.8, 4) is 5.75 Å². The van der Waals surface area contributed by atoms with Crippen molar-refractivity contribution >= 4 is 5.78 Å². The van der Waals surface area contributed by atoms with Gasteiger partial charge in [-0.1, -0.05) is 0 Å². The summed E-state index contributed by atoms with van der Waals surface area (Å²) in [5, 5.41) is 0. The lowest BCUT2D eigenvalue weighted by Gasteiger charge is -2.29. The van der Waals surface area contributed by atoms with Crippen LogP contribution in [0.15, 0.2) is 24.3 Å². The normalized spacial score (nSPS) is 16.9. The maximum Gasteiger partial charge on any atom is 0.401 e. The lowest BCUT2D eigenvalue weighted by molar-refractivity contribution is -0.149. The zero-order valence-corrected chi connectivity index (χ0v) is 12.0.